The third-order valence-corrected chi connectivity index (χ3v) is 4.99. The lowest BCUT2D eigenvalue weighted by molar-refractivity contribution is -0.122. The van der Waals surface area contributed by atoms with Crippen molar-refractivity contribution >= 4 is 22.3 Å². The number of methoxy groups -OCH3 is 2. The van der Waals surface area contributed by atoms with Gasteiger partial charge in [-0.3, -0.25) is 14.0 Å². The van der Waals surface area contributed by atoms with E-state index >= 15 is 0 Å². The third-order valence-electron chi connectivity index (χ3n) is 4.99. The summed E-state index contributed by atoms with van der Waals surface area (Å²) >= 11 is 0. The van der Waals surface area contributed by atoms with Gasteiger partial charge in [0, 0.05) is 11.9 Å². The summed E-state index contributed by atoms with van der Waals surface area (Å²) in [7, 11) is 3.18. The Morgan fingerprint density at radius 2 is 1.87 bits per heavy atom. The highest BCUT2D eigenvalue weighted by Gasteiger charge is 2.16. The highest BCUT2D eigenvalue weighted by atomic mass is 16.5. The Labute approximate surface area is 172 Å². The summed E-state index contributed by atoms with van der Waals surface area (Å²) in [5, 5.41) is 7.99. The highest BCUT2D eigenvalue weighted by molar-refractivity contribution is 5.92. The number of nitrogens with one attached hydrogen (secondary N) is 1. The van der Waals surface area contributed by atoms with Gasteiger partial charge < -0.3 is 14.8 Å². The van der Waals surface area contributed by atoms with E-state index in [2.05, 4.69) is 10.4 Å². The quantitative estimate of drug-likeness (QED) is 0.531. The zero-order valence-electron chi connectivity index (χ0n) is 17.0. The van der Waals surface area contributed by atoms with Crippen LogP contribution in [0.4, 0.5) is 0 Å². The number of aromatic nitrogens is 3. The minimum absolute atomic E-state index is 0.168. The van der Waals surface area contributed by atoms with Crippen LogP contribution in [0.2, 0.25) is 0 Å². The summed E-state index contributed by atoms with van der Waals surface area (Å²) in [6.07, 6.45) is 0. The molecule has 4 rings (SSSR count). The van der Waals surface area contributed by atoms with Crippen LogP contribution in [0.15, 0.2) is 53.3 Å². The van der Waals surface area contributed by atoms with Crippen LogP contribution in [-0.2, 0) is 17.9 Å². The van der Waals surface area contributed by atoms with Gasteiger partial charge in [0.1, 0.15) is 29.4 Å². The van der Waals surface area contributed by atoms with Gasteiger partial charge in [-0.1, -0.05) is 18.2 Å². The number of carbonyl (C=O) groups is 1. The lowest BCUT2D eigenvalue weighted by atomic mass is 10.2. The summed E-state index contributed by atoms with van der Waals surface area (Å²) in [5.41, 5.74) is 1.85. The SMILES string of the molecule is COc1cccc(CNC(=O)Cn2nc(C)n3c(cc4c(OC)cccc43)c2=O)c1. The lowest BCUT2D eigenvalue weighted by Crippen LogP contribution is -2.34. The van der Waals surface area contributed by atoms with Crippen LogP contribution in [0, 0.1) is 6.92 Å². The molecule has 8 heteroatoms. The van der Waals surface area contributed by atoms with Crippen LogP contribution >= 0.6 is 0 Å². The van der Waals surface area contributed by atoms with Crippen molar-refractivity contribution in [2.75, 3.05) is 14.2 Å². The first kappa shape index (κ1) is 19.5. The second-order valence-corrected chi connectivity index (χ2v) is 6.90. The number of nitrogens with zero attached hydrogens (tertiary/aromatic N) is 3. The normalized spacial score (nSPS) is 11.0. The molecule has 0 atom stereocenters. The van der Waals surface area contributed by atoms with Crippen molar-refractivity contribution < 1.29 is 14.3 Å². The largest absolute Gasteiger partial charge is 0.497 e. The zero-order chi connectivity index (χ0) is 21.3. The molecule has 0 aliphatic rings. The van der Waals surface area contributed by atoms with Crippen molar-refractivity contribution in [3.05, 3.63) is 70.3 Å². The molecule has 2 aromatic carbocycles. The molecule has 0 saturated heterocycles. The number of hydrogen-bond donors (Lipinski definition) is 1. The topological polar surface area (TPSA) is 86.9 Å². The number of fused-ring (bicyclic) bond motifs is 3. The minimum atomic E-state index is -0.338. The standard InChI is InChI=1S/C22H22N4O4/c1-14-24-25(13-21(27)23-12-15-6-4-7-16(10-15)29-2)22(28)19-11-17-18(26(14)19)8-5-9-20(17)30-3/h4-11H,12-13H2,1-3H3,(H,23,27). The first-order valence-corrected chi connectivity index (χ1v) is 9.47. The second-order valence-electron chi connectivity index (χ2n) is 6.90. The first-order chi connectivity index (χ1) is 14.5. The Kier molecular flexibility index (Phi) is 5.14. The van der Waals surface area contributed by atoms with Gasteiger partial charge in [0.25, 0.3) is 5.56 Å². The predicted octanol–water partition coefficient (Wildman–Crippen LogP) is 2.29. The zero-order valence-corrected chi connectivity index (χ0v) is 17.0. The van der Waals surface area contributed by atoms with Gasteiger partial charge in [0.15, 0.2) is 0 Å². The van der Waals surface area contributed by atoms with Crippen molar-refractivity contribution in [3.63, 3.8) is 0 Å². The molecule has 2 aromatic heterocycles. The molecule has 0 unspecified atom stereocenters. The van der Waals surface area contributed by atoms with Gasteiger partial charge in [-0.05, 0) is 42.8 Å². The van der Waals surface area contributed by atoms with E-state index < -0.39 is 0 Å². The Hall–Kier alpha value is -3.81. The van der Waals surface area contributed by atoms with Crippen molar-refractivity contribution in [1.29, 1.82) is 0 Å². The van der Waals surface area contributed by atoms with Gasteiger partial charge in [-0.2, -0.15) is 5.10 Å². The molecule has 154 valence electrons. The molecule has 4 aromatic rings. The maximum atomic E-state index is 13.0. The lowest BCUT2D eigenvalue weighted by Gasteiger charge is -2.10. The van der Waals surface area contributed by atoms with Crippen LogP contribution in [0.25, 0.3) is 16.4 Å². The smallest absolute Gasteiger partial charge is 0.291 e. The Morgan fingerprint density at radius 1 is 1.07 bits per heavy atom. The summed E-state index contributed by atoms with van der Waals surface area (Å²) in [5.74, 6) is 1.70. The highest BCUT2D eigenvalue weighted by Crippen LogP contribution is 2.28. The number of rotatable bonds is 6. The molecule has 1 N–H and O–H groups in total. The Balaban J connectivity index is 1.61. The van der Waals surface area contributed by atoms with Gasteiger partial charge in [0.2, 0.25) is 5.91 Å². The van der Waals surface area contributed by atoms with Gasteiger partial charge in [0.05, 0.1) is 19.7 Å². The first-order valence-electron chi connectivity index (χ1n) is 9.47. The van der Waals surface area contributed by atoms with E-state index in [9.17, 15) is 9.59 Å². The molecule has 0 radical (unpaired) electrons. The average Bonchev–Trinajstić information content (AvgIpc) is 3.16. The van der Waals surface area contributed by atoms with Gasteiger partial charge in [-0.25, -0.2) is 4.68 Å². The summed E-state index contributed by atoms with van der Waals surface area (Å²) in [6, 6.07) is 14.8. The number of aryl methyl sites for hydroxylation is 1. The molecular formula is C22H22N4O4. The molecule has 2 heterocycles. The van der Waals surface area contributed by atoms with E-state index in [1.165, 1.54) is 4.68 Å². The van der Waals surface area contributed by atoms with E-state index in [-0.39, 0.29) is 18.0 Å². The molecule has 0 fully saturated rings. The van der Waals surface area contributed by atoms with Gasteiger partial charge >= 0.3 is 0 Å². The van der Waals surface area contributed by atoms with E-state index in [1.807, 2.05) is 42.5 Å². The molecule has 1 amide bonds. The van der Waals surface area contributed by atoms with Gasteiger partial charge in [-0.15, -0.1) is 0 Å². The number of carbonyl (C=O) groups excluding carboxylic acids is 1. The van der Waals surface area contributed by atoms with Crippen molar-refractivity contribution in [2.45, 2.75) is 20.0 Å². The summed E-state index contributed by atoms with van der Waals surface area (Å²) in [4.78, 5) is 25.4. The monoisotopic (exact) mass is 406 g/mol. The average molecular weight is 406 g/mol. The van der Waals surface area contributed by atoms with Crippen LogP contribution in [0.3, 0.4) is 0 Å². The Bertz CT molecular complexity index is 1310. The predicted molar refractivity (Wildman–Crippen MR) is 113 cm³/mol. The van der Waals surface area contributed by atoms with Crippen LogP contribution < -0.4 is 20.3 Å². The minimum Gasteiger partial charge on any atom is -0.497 e. The van der Waals surface area contributed by atoms with Crippen molar-refractivity contribution in [3.8, 4) is 11.5 Å². The Morgan fingerprint density at radius 3 is 2.63 bits per heavy atom. The molecule has 0 bridgehead atoms. The van der Waals surface area contributed by atoms with Crippen LogP contribution in [0.5, 0.6) is 11.5 Å². The van der Waals surface area contributed by atoms with Crippen LogP contribution in [0.1, 0.15) is 11.4 Å². The fourth-order valence-corrected chi connectivity index (χ4v) is 3.57. The third kappa shape index (κ3) is 3.47. The van der Waals surface area contributed by atoms with Crippen molar-refractivity contribution in [1.82, 2.24) is 19.5 Å². The molecule has 0 aliphatic heterocycles. The van der Waals surface area contributed by atoms with E-state index in [1.54, 1.807) is 31.6 Å². The number of benzene rings is 2. The maximum Gasteiger partial charge on any atom is 0.291 e. The van der Waals surface area contributed by atoms with E-state index in [4.69, 9.17) is 9.47 Å². The molecular weight excluding hydrogens is 384 g/mol. The van der Waals surface area contributed by atoms with E-state index in [0.717, 1.165) is 22.2 Å². The van der Waals surface area contributed by atoms with Crippen molar-refractivity contribution in [2.24, 2.45) is 0 Å². The number of hydrogen-bond acceptors (Lipinski definition) is 5. The maximum absolute atomic E-state index is 13.0. The summed E-state index contributed by atoms with van der Waals surface area (Å²) < 4.78 is 13.6. The number of amides is 1. The molecule has 0 saturated carbocycles. The molecule has 0 spiro atoms. The molecule has 30 heavy (non-hydrogen) atoms. The molecule has 8 nitrogen and oxygen atoms in total. The fourth-order valence-electron chi connectivity index (χ4n) is 3.57. The summed E-state index contributed by atoms with van der Waals surface area (Å²) in [6.45, 7) is 1.97. The number of ether oxygens (including phenoxy) is 2. The van der Waals surface area contributed by atoms with Crippen LogP contribution in [-0.4, -0.2) is 34.3 Å². The second kappa shape index (κ2) is 7.90. The van der Waals surface area contributed by atoms with E-state index in [0.29, 0.717) is 23.6 Å². The fraction of sp³-hybridized carbons (Fsp3) is 0.227. The molecule has 0 aliphatic carbocycles.